The van der Waals surface area contributed by atoms with Gasteiger partial charge in [-0.25, -0.2) is 0 Å². The fourth-order valence-corrected chi connectivity index (χ4v) is 2.06. The summed E-state index contributed by atoms with van der Waals surface area (Å²) in [5.74, 6) is 0.547. The van der Waals surface area contributed by atoms with E-state index < -0.39 is 0 Å². The number of hydrogen-bond acceptors (Lipinski definition) is 3. The monoisotopic (exact) mass is 259 g/mol. The molecule has 0 saturated heterocycles. The van der Waals surface area contributed by atoms with Crippen LogP contribution in [-0.4, -0.2) is 19.6 Å². The lowest BCUT2D eigenvalue weighted by molar-refractivity contribution is 0.525. The molecule has 1 aromatic rings. The average Bonchev–Trinajstić information content (AvgIpc) is 2.42. The van der Waals surface area contributed by atoms with Crippen molar-refractivity contribution in [1.82, 2.24) is 5.32 Å². The number of anilines is 1. The summed E-state index contributed by atoms with van der Waals surface area (Å²) in [6, 6.07) is 10.4. The van der Waals surface area contributed by atoms with Crippen molar-refractivity contribution in [2.45, 2.75) is 33.7 Å². The fourth-order valence-electron chi connectivity index (χ4n) is 2.06. The Balaban J connectivity index is 2.76. The molecule has 0 saturated carbocycles. The molecular formula is C16H25N3. The molecule has 3 heteroatoms. The highest BCUT2D eigenvalue weighted by Gasteiger charge is 2.11. The van der Waals surface area contributed by atoms with Gasteiger partial charge in [-0.05, 0) is 44.0 Å². The maximum Gasteiger partial charge on any atom is 0.121 e. The van der Waals surface area contributed by atoms with Gasteiger partial charge in [0.05, 0.1) is 6.07 Å². The Morgan fingerprint density at radius 3 is 2.16 bits per heavy atom. The molecule has 0 aliphatic carbocycles. The van der Waals surface area contributed by atoms with Gasteiger partial charge in [-0.1, -0.05) is 26.0 Å². The highest BCUT2D eigenvalue weighted by molar-refractivity contribution is 5.48. The third-order valence-corrected chi connectivity index (χ3v) is 3.21. The molecule has 1 rings (SSSR count). The van der Waals surface area contributed by atoms with E-state index in [0.29, 0.717) is 5.92 Å². The van der Waals surface area contributed by atoms with Crippen molar-refractivity contribution in [1.29, 1.82) is 5.26 Å². The lowest BCUT2D eigenvalue weighted by Crippen LogP contribution is -2.25. The van der Waals surface area contributed by atoms with Crippen LogP contribution >= 0.6 is 0 Å². The Morgan fingerprint density at radius 1 is 1.16 bits per heavy atom. The van der Waals surface area contributed by atoms with Crippen LogP contribution in [0.3, 0.4) is 0 Å². The molecule has 0 heterocycles. The average molecular weight is 259 g/mol. The van der Waals surface area contributed by atoms with E-state index in [1.54, 1.807) is 0 Å². The predicted molar refractivity (Wildman–Crippen MR) is 81.2 cm³/mol. The molecule has 1 N–H and O–H groups in total. The minimum absolute atomic E-state index is 0.215. The number of nitrogens with one attached hydrogen (secondary N) is 1. The molecule has 1 unspecified atom stereocenters. The molecule has 0 bridgehead atoms. The number of hydrogen-bond donors (Lipinski definition) is 1. The molecular weight excluding hydrogens is 234 g/mol. The SMILES string of the molecule is CCN(CC)c1ccc(C(C#N)NCC(C)C)cc1. The number of rotatable bonds is 7. The first-order valence-corrected chi connectivity index (χ1v) is 7.10. The van der Waals surface area contributed by atoms with Gasteiger partial charge in [0.25, 0.3) is 0 Å². The lowest BCUT2D eigenvalue weighted by atomic mass is 10.1. The molecule has 0 spiro atoms. The van der Waals surface area contributed by atoms with E-state index >= 15 is 0 Å². The number of nitriles is 1. The minimum atomic E-state index is -0.215. The molecule has 3 nitrogen and oxygen atoms in total. The van der Waals surface area contributed by atoms with Crippen LogP contribution in [-0.2, 0) is 0 Å². The first-order valence-electron chi connectivity index (χ1n) is 7.10. The van der Waals surface area contributed by atoms with E-state index in [1.807, 2.05) is 0 Å². The lowest BCUT2D eigenvalue weighted by Gasteiger charge is -2.21. The zero-order valence-electron chi connectivity index (χ0n) is 12.5. The van der Waals surface area contributed by atoms with Gasteiger partial charge in [0.2, 0.25) is 0 Å². The second-order valence-electron chi connectivity index (χ2n) is 5.13. The van der Waals surface area contributed by atoms with E-state index in [9.17, 15) is 5.26 Å². The summed E-state index contributed by atoms with van der Waals surface area (Å²) in [6.45, 7) is 11.5. The van der Waals surface area contributed by atoms with Gasteiger partial charge in [0.15, 0.2) is 0 Å². The van der Waals surface area contributed by atoms with Crippen molar-refractivity contribution in [3.63, 3.8) is 0 Å². The van der Waals surface area contributed by atoms with Crippen LogP contribution in [0, 0.1) is 17.2 Å². The van der Waals surface area contributed by atoms with Gasteiger partial charge in [-0.15, -0.1) is 0 Å². The Morgan fingerprint density at radius 2 is 1.74 bits per heavy atom. The molecule has 1 aromatic carbocycles. The van der Waals surface area contributed by atoms with Crippen LogP contribution in [0.1, 0.15) is 39.3 Å². The van der Waals surface area contributed by atoms with Crippen molar-refractivity contribution < 1.29 is 0 Å². The smallest absolute Gasteiger partial charge is 0.121 e. The summed E-state index contributed by atoms with van der Waals surface area (Å²) >= 11 is 0. The zero-order valence-corrected chi connectivity index (χ0v) is 12.5. The standard InChI is InChI=1S/C16H25N3/c1-5-19(6-2)15-9-7-14(8-10-15)16(11-17)18-12-13(3)4/h7-10,13,16,18H,5-6,12H2,1-4H3. The Hall–Kier alpha value is -1.53. The van der Waals surface area contributed by atoms with Crippen molar-refractivity contribution in [2.24, 2.45) is 5.92 Å². The molecule has 104 valence electrons. The van der Waals surface area contributed by atoms with E-state index in [0.717, 1.165) is 25.2 Å². The second-order valence-corrected chi connectivity index (χ2v) is 5.13. The Labute approximate surface area is 117 Å². The van der Waals surface area contributed by atoms with Gasteiger partial charge in [0, 0.05) is 18.8 Å². The maximum atomic E-state index is 9.24. The minimum Gasteiger partial charge on any atom is -0.372 e. The van der Waals surface area contributed by atoms with E-state index in [2.05, 4.69) is 68.2 Å². The molecule has 0 aliphatic heterocycles. The Bertz CT molecular complexity index is 399. The van der Waals surface area contributed by atoms with Gasteiger partial charge in [0.1, 0.15) is 6.04 Å². The number of benzene rings is 1. The zero-order chi connectivity index (χ0) is 14.3. The molecule has 0 aliphatic rings. The van der Waals surface area contributed by atoms with Gasteiger partial charge in [-0.3, -0.25) is 5.32 Å². The van der Waals surface area contributed by atoms with Crippen LogP contribution in [0.25, 0.3) is 0 Å². The molecule has 19 heavy (non-hydrogen) atoms. The van der Waals surface area contributed by atoms with Crippen molar-refractivity contribution in [2.75, 3.05) is 24.5 Å². The van der Waals surface area contributed by atoms with Crippen LogP contribution in [0.4, 0.5) is 5.69 Å². The van der Waals surface area contributed by atoms with Crippen LogP contribution < -0.4 is 10.2 Å². The van der Waals surface area contributed by atoms with E-state index in [-0.39, 0.29) is 6.04 Å². The predicted octanol–water partition coefficient (Wildman–Crippen LogP) is 3.34. The van der Waals surface area contributed by atoms with E-state index in [1.165, 1.54) is 5.69 Å². The van der Waals surface area contributed by atoms with Crippen molar-refractivity contribution in [3.8, 4) is 6.07 Å². The van der Waals surface area contributed by atoms with Crippen LogP contribution in [0.15, 0.2) is 24.3 Å². The summed E-state index contributed by atoms with van der Waals surface area (Å²) in [6.07, 6.45) is 0. The highest BCUT2D eigenvalue weighted by atomic mass is 15.1. The summed E-state index contributed by atoms with van der Waals surface area (Å²) in [4.78, 5) is 2.30. The molecule has 0 aromatic heterocycles. The fraction of sp³-hybridized carbons (Fsp3) is 0.562. The quantitative estimate of drug-likeness (QED) is 0.816. The summed E-state index contributed by atoms with van der Waals surface area (Å²) in [5.41, 5.74) is 2.26. The number of nitrogens with zero attached hydrogens (tertiary/aromatic N) is 2. The first-order chi connectivity index (χ1) is 9.12. The topological polar surface area (TPSA) is 39.1 Å². The normalized spacial score (nSPS) is 12.2. The third-order valence-electron chi connectivity index (χ3n) is 3.21. The summed E-state index contributed by atoms with van der Waals surface area (Å²) in [7, 11) is 0. The molecule has 0 amide bonds. The van der Waals surface area contributed by atoms with Gasteiger partial charge in [-0.2, -0.15) is 5.26 Å². The largest absolute Gasteiger partial charge is 0.372 e. The highest BCUT2D eigenvalue weighted by Crippen LogP contribution is 2.19. The van der Waals surface area contributed by atoms with Crippen LogP contribution in [0.2, 0.25) is 0 Å². The second kappa shape index (κ2) is 7.81. The van der Waals surface area contributed by atoms with Gasteiger partial charge >= 0.3 is 0 Å². The Kier molecular flexibility index (Phi) is 6.38. The van der Waals surface area contributed by atoms with E-state index in [4.69, 9.17) is 0 Å². The van der Waals surface area contributed by atoms with Crippen molar-refractivity contribution in [3.05, 3.63) is 29.8 Å². The molecule has 1 atom stereocenters. The first kappa shape index (κ1) is 15.5. The third kappa shape index (κ3) is 4.57. The summed E-state index contributed by atoms with van der Waals surface area (Å²) in [5, 5.41) is 12.5. The summed E-state index contributed by atoms with van der Waals surface area (Å²) < 4.78 is 0. The van der Waals surface area contributed by atoms with Gasteiger partial charge < -0.3 is 4.90 Å². The maximum absolute atomic E-state index is 9.24. The molecule has 0 fully saturated rings. The molecule has 0 radical (unpaired) electrons. The van der Waals surface area contributed by atoms with Crippen LogP contribution in [0.5, 0.6) is 0 Å². The van der Waals surface area contributed by atoms with Crippen molar-refractivity contribution >= 4 is 5.69 Å².